The summed E-state index contributed by atoms with van der Waals surface area (Å²) in [5.74, 6) is 1.49. The molecule has 1 heterocycles. The standard InChI is InChI=1S/C10H20IO3P/c1-6-7(2)9(4-12)14-10(8(6)3)5-13-15-11/h6-10,12,15H,4-5H2,1-3H3/t6-,7-,8-,9+,10-/m1/s1/i12D. The predicted molar refractivity (Wildman–Crippen MR) is 71.5 cm³/mol. The minimum absolute atomic E-state index is 0.0230. The smallest absolute Gasteiger partial charge is 0.210 e. The first-order valence-electron chi connectivity index (χ1n) is 5.73. The Hall–Kier alpha value is 1.04. The van der Waals surface area contributed by atoms with Gasteiger partial charge in [-0.15, -0.1) is 0 Å². The Morgan fingerprint density at radius 3 is 2.60 bits per heavy atom. The molecule has 6 atom stereocenters. The van der Waals surface area contributed by atoms with Crippen molar-refractivity contribution in [3.63, 3.8) is 0 Å². The summed E-state index contributed by atoms with van der Waals surface area (Å²) in [6.07, 6.45) is 0.156. The van der Waals surface area contributed by atoms with Crippen LogP contribution in [0.25, 0.3) is 0 Å². The highest BCUT2D eigenvalue weighted by molar-refractivity contribution is 14.2. The minimum Gasteiger partial charge on any atom is -0.394 e. The molecule has 3 nitrogen and oxygen atoms in total. The van der Waals surface area contributed by atoms with E-state index in [2.05, 4.69) is 47.9 Å². The fourth-order valence-corrected chi connectivity index (χ4v) is 2.89. The molecule has 15 heavy (non-hydrogen) atoms. The second kappa shape index (κ2) is 6.70. The van der Waals surface area contributed by atoms with Gasteiger partial charge in [0.05, 0.1) is 31.9 Å². The Balaban J connectivity index is 2.57. The normalized spacial score (nSPS) is 43.5. The lowest BCUT2D eigenvalue weighted by molar-refractivity contribution is -0.156. The number of aliphatic hydroxyl groups excluding tert-OH is 1. The molecular weight excluding hydrogens is 326 g/mol. The van der Waals surface area contributed by atoms with Gasteiger partial charge in [0, 0.05) is 0 Å². The Morgan fingerprint density at radius 2 is 2.00 bits per heavy atom. The van der Waals surface area contributed by atoms with Gasteiger partial charge in [0.25, 0.3) is 0 Å². The molecular formula is C10H20IO3P. The minimum atomic E-state index is 0.0230. The van der Waals surface area contributed by atoms with Gasteiger partial charge < -0.3 is 14.4 Å². The zero-order chi connectivity index (χ0) is 12.1. The summed E-state index contributed by atoms with van der Waals surface area (Å²) in [6, 6.07) is 0. The summed E-state index contributed by atoms with van der Waals surface area (Å²) in [4.78, 5) is 0. The van der Waals surface area contributed by atoms with Gasteiger partial charge in [-0.1, -0.05) is 20.8 Å². The lowest BCUT2D eigenvalue weighted by Crippen LogP contribution is -2.47. The van der Waals surface area contributed by atoms with Crippen molar-refractivity contribution in [2.24, 2.45) is 17.8 Å². The number of hydrogen-bond donors (Lipinski definition) is 1. The van der Waals surface area contributed by atoms with Crippen LogP contribution < -0.4 is 0 Å². The summed E-state index contributed by atoms with van der Waals surface area (Å²) in [5, 5.41) is 4.47. The highest BCUT2D eigenvalue weighted by Gasteiger charge is 2.38. The largest absolute Gasteiger partial charge is 0.394 e. The van der Waals surface area contributed by atoms with Crippen LogP contribution in [-0.2, 0) is 9.26 Å². The van der Waals surface area contributed by atoms with E-state index >= 15 is 0 Å². The molecule has 1 rings (SSSR count). The van der Waals surface area contributed by atoms with Crippen LogP contribution in [0.2, 0.25) is 0 Å². The molecule has 0 spiro atoms. The maximum Gasteiger partial charge on any atom is 0.210 e. The second-order valence-corrected chi connectivity index (χ2v) is 6.11. The zero-order valence-corrected chi connectivity index (χ0v) is 12.6. The Bertz CT molecular complexity index is 209. The third kappa shape index (κ3) is 3.50. The van der Waals surface area contributed by atoms with Crippen LogP contribution in [-0.4, -0.2) is 32.0 Å². The van der Waals surface area contributed by atoms with E-state index in [9.17, 15) is 0 Å². The average Bonchev–Trinajstić information content (AvgIpc) is 2.28. The van der Waals surface area contributed by atoms with Crippen LogP contribution in [0.4, 0.5) is 0 Å². The molecule has 0 radical (unpaired) electrons. The van der Waals surface area contributed by atoms with E-state index in [0.717, 1.165) is 0 Å². The van der Waals surface area contributed by atoms with Crippen molar-refractivity contribution in [1.29, 1.82) is 1.43 Å². The van der Waals surface area contributed by atoms with Crippen LogP contribution in [0.15, 0.2) is 0 Å². The molecule has 0 aliphatic carbocycles. The van der Waals surface area contributed by atoms with Gasteiger partial charge in [-0.05, 0) is 39.8 Å². The molecule has 1 unspecified atom stereocenters. The molecule has 0 bridgehead atoms. The molecule has 1 N–H and O–H groups in total. The maximum absolute atomic E-state index is 6.84. The number of halogens is 1. The summed E-state index contributed by atoms with van der Waals surface area (Å²) < 4.78 is 18.2. The van der Waals surface area contributed by atoms with Crippen molar-refractivity contribution in [1.82, 2.24) is 0 Å². The second-order valence-electron chi connectivity index (χ2n) is 4.35. The monoisotopic (exact) mass is 347 g/mol. The van der Waals surface area contributed by atoms with Crippen LogP contribution in [0.3, 0.4) is 0 Å². The van der Waals surface area contributed by atoms with Crippen LogP contribution in [0.1, 0.15) is 20.8 Å². The van der Waals surface area contributed by atoms with Crippen molar-refractivity contribution < 1.29 is 14.4 Å². The van der Waals surface area contributed by atoms with E-state index < -0.39 is 0 Å². The summed E-state index contributed by atoms with van der Waals surface area (Å²) >= 11 is 2.22. The number of hydrogen-bond acceptors (Lipinski definition) is 3. The van der Waals surface area contributed by atoms with Crippen molar-refractivity contribution >= 4 is 28.5 Å². The highest BCUT2D eigenvalue weighted by atomic mass is 127. The molecule has 0 aromatic carbocycles. The number of aliphatic hydroxyl groups is 1. The van der Waals surface area contributed by atoms with E-state index in [1.54, 1.807) is 0 Å². The van der Waals surface area contributed by atoms with Crippen LogP contribution in [0.5, 0.6) is 0 Å². The molecule has 1 fully saturated rings. The summed E-state index contributed by atoms with van der Waals surface area (Å²) in [6.45, 7) is 8.09. The van der Waals surface area contributed by atoms with Gasteiger partial charge in [0.1, 0.15) is 0 Å². The van der Waals surface area contributed by atoms with Crippen molar-refractivity contribution in [3.8, 4) is 0 Å². The third-order valence-corrected chi connectivity index (χ3v) is 4.86. The van der Waals surface area contributed by atoms with E-state index in [0.29, 0.717) is 37.4 Å². The molecule has 1 aliphatic rings. The summed E-state index contributed by atoms with van der Waals surface area (Å²) in [5.41, 5.74) is 0. The summed E-state index contributed by atoms with van der Waals surface area (Å²) in [7, 11) is 0. The number of rotatable bonds is 5. The first-order chi connectivity index (χ1) is 7.61. The van der Waals surface area contributed by atoms with Gasteiger partial charge in [0.2, 0.25) is 1.43 Å². The van der Waals surface area contributed by atoms with Gasteiger partial charge >= 0.3 is 0 Å². The number of ether oxygens (including phenoxy) is 1. The fourth-order valence-electron chi connectivity index (χ4n) is 2.12. The molecule has 0 aromatic heterocycles. The lowest BCUT2D eigenvalue weighted by Gasteiger charge is -2.43. The first-order valence-corrected chi connectivity index (χ1v) is 9.35. The Kier molecular flexibility index (Phi) is 5.58. The molecule has 0 amide bonds. The van der Waals surface area contributed by atoms with Crippen molar-refractivity contribution in [3.05, 3.63) is 0 Å². The van der Waals surface area contributed by atoms with Crippen LogP contribution >= 0.6 is 28.5 Å². The molecule has 0 aromatic rings. The topological polar surface area (TPSA) is 38.7 Å². The SMILES string of the molecule is [2H]OC[C@@H]1O[C@H](COPI)[C@H](C)[C@H](C)[C@H]1C. The highest BCUT2D eigenvalue weighted by Crippen LogP contribution is 2.36. The first kappa shape index (κ1) is 12.5. The van der Waals surface area contributed by atoms with Gasteiger partial charge in [-0.3, -0.25) is 0 Å². The fraction of sp³-hybridized carbons (Fsp3) is 1.00. The quantitative estimate of drug-likeness (QED) is 0.614. The Labute approximate surface area is 108 Å². The van der Waals surface area contributed by atoms with Gasteiger partial charge in [-0.25, -0.2) is 0 Å². The molecule has 1 aliphatic heterocycles. The van der Waals surface area contributed by atoms with Gasteiger partial charge in [-0.2, -0.15) is 0 Å². The molecule has 90 valence electrons. The van der Waals surface area contributed by atoms with E-state index in [1.807, 2.05) is 0 Å². The van der Waals surface area contributed by atoms with E-state index in [1.165, 1.54) is 0 Å². The predicted octanol–water partition coefficient (Wildman–Crippen LogP) is 2.61. The van der Waals surface area contributed by atoms with Crippen molar-refractivity contribution in [2.75, 3.05) is 13.2 Å². The maximum atomic E-state index is 6.84. The van der Waals surface area contributed by atoms with Crippen molar-refractivity contribution in [2.45, 2.75) is 33.0 Å². The Morgan fingerprint density at radius 1 is 1.33 bits per heavy atom. The molecule has 5 heteroatoms. The third-order valence-electron chi connectivity index (χ3n) is 3.65. The zero-order valence-electron chi connectivity index (χ0n) is 10.4. The van der Waals surface area contributed by atoms with Crippen LogP contribution in [0, 0.1) is 17.8 Å². The van der Waals surface area contributed by atoms with E-state index in [4.69, 9.17) is 10.7 Å². The molecule has 1 saturated heterocycles. The van der Waals surface area contributed by atoms with Gasteiger partial charge in [0.15, 0.2) is 0 Å². The van der Waals surface area contributed by atoms with E-state index in [-0.39, 0.29) is 12.2 Å². The lowest BCUT2D eigenvalue weighted by atomic mass is 9.77. The average molecular weight is 347 g/mol. The molecule has 0 saturated carbocycles.